The molecule has 0 saturated carbocycles. The minimum atomic E-state index is -5.32. The minimum Gasteiger partial charge on any atom is -0.453 e. The summed E-state index contributed by atoms with van der Waals surface area (Å²) in [6, 6.07) is 21.8. The van der Waals surface area contributed by atoms with Crippen molar-refractivity contribution in [3.8, 4) is 23.3 Å². The molecule has 4 aliphatic heterocycles. The van der Waals surface area contributed by atoms with Crippen LogP contribution in [0.4, 0.5) is 11.4 Å². The fourth-order valence-corrected chi connectivity index (χ4v) is 12.5. The summed E-state index contributed by atoms with van der Waals surface area (Å²) in [7, 11) is -14.0. The van der Waals surface area contributed by atoms with E-state index in [2.05, 4.69) is 27.5 Å². The lowest BCUT2D eigenvalue weighted by molar-refractivity contribution is -0.118. The van der Waals surface area contributed by atoms with Gasteiger partial charge >= 0.3 is 0 Å². The average molecular weight is 1080 g/mol. The number of anilines is 2. The number of rotatable bonds is 11. The molecule has 0 aliphatic carbocycles. The van der Waals surface area contributed by atoms with Gasteiger partial charge in [0.05, 0.1) is 34.6 Å². The Bertz CT molecular complexity index is 3930. The fraction of sp³-hybridized carbons (Fsp3) is 0.296. The first-order chi connectivity index (χ1) is 35.0. The van der Waals surface area contributed by atoms with Crippen molar-refractivity contribution in [3.05, 3.63) is 146 Å². The number of amides is 3. The highest BCUT2D eigenvalue weighted by Gasteiger charge is 2.42. The molecule has 1 atom stereocenters. The normalized spacial score (nSPS) is 16.9. The Labute approximate surface area is 434 Å². The van der Waals surface area contributed by atoms with Gasteiger partial charge in [0.2, 0.25) is 5.91 Å². The van der Waals surface area contributed by atoms with Gasteiger partial charge in [0.1, 0.15) is 0 Å². The van der Waals surface area contributed by atoms with Crippen molar-refractivity contribution in [1.82, 2.24) is 10.2 Å². The van der Waals surface area contributed by atoms with Crippen molar-refractivity contribution in [2.45, 2.75) is 87.7 Å². The van der Waals surface area contributed by atoms with E-state index >= 15 is 0 Å². The molecule has 5 N–H and O–H groups in total. The number of ether oxygens (including phenoxy) is 1. The van der Waals surface area contributed by atoms with Crippen LogP contribution in [0.2, 0.25) is 0 Å². The maximum Gasteiger partial charge on any atom is 0.300 e. The lowest BCUT2D eigenvalue weighted by Crippen LogP contribution is -2.38. The summed E-state index contributed by atoms with van der Waals surface area (Å²) in [5, 5.41) is 5.69. The van der Waals surface area contributed by atoms with Gasteiger partial charge in [-0.3, -0.25) is 33.0 Å². The van der Waals surface area contributed by atoms with Crippen LogP contribution >= 0.6 is 0 Å². The van der Waals surface area contributed by atoms with Crippen molar-refractivity contribution in [2.75, 3.05) is 36.1 Å². The molecule has 0 bridgehead atoms. The van der Waals surface area contributed by atoms with Gasteiger partial charge in [0.15, 0.2) is 21.3 Å². The number of hydrogen-bond acceptors (Lipinski definition) is 12. The molecular weight excluding hydrogens is 1020 g/mol. The van der Waals surface area contributed by atoms with E-state index in [0.717, 1.165) is 16.0 Å². The van der Waals surface area contributed by atoms with E-state index in [1.165, 1.54) is 31.3 Å². The van der Waals surface area contributed by atoms with Crippen LogP contribution in [0.3, 0.4) is 0 Å². The molecule has 0 aromatic heterocycles. The monoisotopic (exact) mass is 1080 g/mol. The molecule has 5 aromatic rings. The standard InChI is InChI=1S/C54H53N5O13S3/c1-30-27-53(3,4)56-45-37(30)25-40-44(41-26-38-31(2)28-54(5,6)57-46(38)50(75(69,70)71)48(41)72-47(40)49(45)74(66,67)68)36-19-18-34(24-39(36)52(62)58(7)22-23-73(63,64)65)51(61)55-21-20-43(60)59-29-35-14-9-8-12-32(35)16-17-33-13-10-11-15-42(33)59/h8-15,18-19,24-27,31,57H,20-23,28-29H2,1-7H3,(H,55,61)(H,63,64,65)(H,66,67,68)(H,69,70,71). The van der Waals surface area contributed by atoms with E-state index in [0.29, 0.717) is 28.8 Å². The van der Waals surface area contributed by atoms with E-state index in [9.17, 15) is 53.3 Å². The van der Waals surface area contributed by atoms with Crippen LogP contribution in [-0.4, -0.2) is 98.5 Å². The molecular formula is C54H53N5O13S3. The lowest BCUT2D eigenvalue weighted by atomic mass is 9.79. The van der Waals surface area contributed by atoms with Gasteiger partial charge < -0.3 is 25.2 Å². The molecule has 0 spiro atoms. The largest absolute Gasteiger partial charge is 0.453 e. The molecule has 3 amide bonds. The fourth-order valence-electron chi connectivity index (χ4n) is 10.4. The highest BCUT2D eigenvalue weighted by Crippen LogP contribution is 2.52. The molecule has 390 valence electrons. The molecule has 1 unspecified atom stereocenters. The zero-order valence-corrected chi connectivity index (χ0v) is 44.3. The summed E-state index contributed by atoms with van der Waals surface area (Å²) in [5.74, 6) is 1.97. The van der Waals surface area contributed by atoms with Crippen LogP contribution in [0.1, 0.15) is 120 Å². The second-order valence-electron chi connectivity index (χ2n) is 20.3. The minimum absolute atomic E-state index is 0.0282. The molecule has 4 heterocycles. The maximum atomic E-state index is 14.9. The Hall–Kier alpha value is -7.19. The highest BCUT2D eigenvalue weighted by atomic mass is 32.2. The van der Waals surface area contributed by atoms with Crippen molar-refractivity contribution in [1.29, 1.82) is 0 Å². The maximum absolute atomic E-state index is 14.9. The molecule has 0 radical (unpaired) electrons. The predicted molar refractivity (Wildman–Crippen MR) is 280 cm³/mol. The summed E-state index contributed by atoms with van der Waals surface area (Å²) in [6.07, 6.45) is 2.09. The van der Waals surface area contributed by atoms with Gasteiger partial charge in [-0.15, -0.1) is 0 Å². The number of benzene rings is 5. The van der Waals surface area contributed by atoms with E-state index in [1.807, 2.05) is 57.2 Å². The van der Waals surface area contributed by atoms with Crippen LogP contribution in [0.15, 0.2) is 99.7 Å². The Kier molecular flexibility index (Phi) is 13.3. The Morgan fingerprint density at radius 2 is 1.52 bits per heavy atom. The summed E-state index contributed by atoms with van der Waals surface area (Å²) in [5.41, 5.74) is 1.70. The summed E-state index contributed by atoms with van der Waals surface area (Å²) >= 11 is 0. The first-order valence-electron chi connectivity index (χ1n) is 23.8. The zero-order chi connectivity index (χ0) is 54.3. The summed E-state index contributed by atoms with van der Waals surface area (Å²) in [4.78, 5) is 48.9. The quantitative estimate of drug-likeness (QED) is 0.0728. The molecule has 0 saturated heterocycles. The van der Waals surface area contributed by atoms with Crippen LogP contribution in [0.5, 0.6) is 11.5 Å². The summed E-state index contributed by atoms with van der Waals surface area (Å²) in [6.45, 7) is 10.1. The van der Waals surface area contributed by atoms with E-state index in [4.69, 9.17) is 4.74 Å². The third-order valence-electron chi connectivity index (χ3n) is 13.6. The van der Waals surface area contributed by atoms with Gasteiger partial charge in [-0.25, -0.2) is 0 Å². The highest BCUT2D eigenvalue weighted by molar-refractivity contribution is 7.86. The predicted octanol–water partition coefficient (Wildman–Crippen LogP) is 6.07. The first kappa shape index (κ1) is 52.7. The van der Waals surface area contributed by atoms with Gasteiger partial charge in [-0.05, 0) is 112 Å². The molecule has 21 heteroatoms. The number of nitrogens with zero attached hydrogens (tertiary/aromatic N) is 3. The van der Waals surface area contributed by atoms with Gasteiger partial charge in [-0.1, -0.05) is 61.2 Å². The number of para-hydroxylation sites is 1. The van der Waals surface area contributed by atoms with Crippen molar-refractivity contribution < 1.29 is 58.0 Å². The SMILES string of the molecule is CC1=CC(C)(C)N=c2c1cc1c(c2S(=O)(=O)O)Oc2c(cc3c(c2S(=O)(=O)O)NC(C)(C)CC3C)C=1c1ccc(C(=O)NCCC(=O)N2Cc3ccccc3C#Cc3ccccc32)cc1C(=O)N(C)CCS(=O)(=O)O. The number of allylic oxidation sites excluding steroid dienone is 1. The van der Waals surface area contributed by atoms with Crippen LogP contribution in [0.25, 0.3) is 11.1 Å². The van der Waals surface area contributed by atoms with Crippen molar-refractivity contribution in [2.24, 2.45) is 4.99 Å². The number of carbonyl (C=O) groups excluding carboxylic acids is 3. The molecule has 9 rings (SSSR count). The topological polar surface area (TPSA) is 266 Å². The Morgan fingerprint density at radius 3 is 2.21 bits per heavy atom. The number of hydrogen-bond donors (Lipinski definition) is 5. The van der Waals surface area contributed by atoms with Crippen molar-refractivity contribution >= 4 is 70.6 Å². The first-order valence-corrected chi connectivity index (χ1v) is 28.3. The molecule has 18 nitrogen and oxygen atoms in total. The molecule has 4 aliphatic rings. The van der Waals surface area contributed by atoms with Crippen molar-refractivity contribution in [3.63, 3.8) is 0 Å². The van der Waals surface area contributed by atoms with Gasteiger partial charge in [-0.2, -0.15) is 25.3 Å². The molecule has 75 heavy (non-hydrogen) atoms. The molecule has 0 fully saturated rings. The zero-order valence-electron chi connectivity index (χ0n) is 41.9. The average Bonchev–Trinajstić information content (AvgIpc) is 3.31. The second-order valence-corrected chi connectivity index (χ2v) is 24.6. The van der Waals surface area contributed by atoms with E-state index < -0.39 is 86.8 Å². The van der Waals surface area contributed by atoms with Gasteiger partial charge in [0.25, 0.3) is 42.2 Å². The smallest absolute Gasteiger partial charge is 0.300 e. The number of carbonyl (C=O) groups is 3. The summed E-state index contributed by atoms with van der Waals surface area (Å²) < 4.78 is 118. The van der Waals surface area contributed by atoms with Crippen LogP contribution in [-0.2, 0) is 41.7 Å². The van der Waals surface area contributed by atoms with E-state index in [1.54, 1.807) is 49.9 Å². The van der Waals surface area contributed by atoms with E-state index in [-0.39, 0.29) is 81.0 Å². The molecule has 5 aromatic carbocycles. The van der Waals surface area contributed by atoms with Gasteiger partial charge in [0, 0.05) is 76.3 Å². The second kappa shape index (κ2) is 18.9. The third kappa shape index (κ3) is 10.3. The number of fused-ring (bicyclic) bond motifs is 6. The van der Waals surface area contributed by atoms with Crippen LogP contribution < -0.4 is 30.8 Å². The van der Waals surface area contributed by atoms with Crippen LogP contribution in [0, 0.1) is 11.8 Å². The lowest BCUT2D eigenvalue weighted by Gasteiger charge is -2.39. The Balaban J connectivity index is 1.23. The Morgan fingerprint density at radius 1 is 0.853 bits per heavy atom. The third-order valence-corrected chi connectivity index (χ3v) is 16.0. The number of nitrogens with one attached hydrogen (secondary N) is 2.